The van der Waals surface area contributed by atoms with E-state index >= 15 is 0 Å². The van der Waals surface area contributed by atoms with E-state index in [9.17, 15) is 4.79 Å². The van der Waals surface area contributed by atoms with Crippen LogP contribution in [0, 0.1) is 0 Å². The lowest BCUT2D eigenvalue weighted by atomic mass is 10.2. The van der Waals surface area contributed by atoms with Crippen molar-refractivity contribution in [2.75, 3.05) is 5.32 Å². The number of hydrogen-bond donors (Lipinski definition) is 1. The molecule has 25 heavy (non-hydrogen) atoms. The Balaban J connectivity index is 1.62. The fourth-order valence-corrected chi connectivity index (χ4v) is 2.77. The molecule has 0 aliphatic rings. The summed E-state index contributed by atoms with van der Waals surface area (Å²) >= 11 is 3.31. The van der Waals surface area contributed by atoms with E-state index in [1.165, 1.54) is 6.20 Å². The van der Waals surface area contributed by atoms with Crippen LogP contribution in [0.1, 0.15) is 10.4 Å². The molecular weight excluding hydrogens is 382 g/mol. The maximum Gasteiger partial charge on any atom is 0.257 e. The van der Waals surface area contributed by atoms with Gasteiger partial charge in [-0.05, 0) is 52.3 Å². The first-order chi connectivity index (χ1) is 12.2. The van der Waals surface area contributed by atoms with E-state index in [0.717, 1.165) is 15.7 Å². The Bertz CT molecular complexity index is 1060. The zero-order valence-corrected chi connectivity index (χ0v) is 14.5. The molecule has 2 aromatic heterocycles. The predicted molar refractivity (Wildman–Crippen MR) is 98.8 cm³/mol. The van der Waals surface area contributed by atoms with Gasteiger partial charge in [0.2, 0.25) is 0 Å². The molecule has 0 aliphatic heterocycles. The van der Waals surface area contributed by atoms with Crippen LogP contribution in [-0.2, 0) is 0 Å². The highest BCUT2D eigenvalue weighted by molar-refractivity contribution is 9.10. The van der Waals surface area contributed by atoms with Gasteiger partial charge in [-0.2, -0.15) is 4.80 Å². The summed E-state index contributed by atoms with van der Waals surface area (Å²) in [7, 11) is 0. The number of pyridine rings is 1. The highest BCUT2D eigenvalue weighted by Gasteiger charge is 2.09. The molecule has 0 radical (unpaired) electrons. The zero-order valence-electron chi connectivity index (χ0n) is 12.9. The SMILES string of the molecule is O=C(Nc1ccc2nn(-c3ccccc3)nc2c1)c1cncc(Br)c1. The summed E-state index contributed by atoms with van der Waals surface area (Å²) < 4.78 is 0.751. The summed E-state index contributed by atoms with van der Waals surface area (Å²) in [5.74, 6) is -0.233. The van der Waals surface area contributed by atoms with Crippen molar-refractivity contribution in [1.29, 1.82) is 0 Å². The van der Waals surface area contributed by atoms with E-state index < -0.39 is 0 Å². The molecule has 0 spiro atoms. The van der Waals surface area contributed by atoms with Crippen LogP contribution in [0.3, 0.4) is 0 Å². The van der Waals surface area contributed by atoms with Crippen LogP contribution >= 0.6 is 15.9 Å². The molecule has 2 heterocycles. The molecule has 0 saturated heterocycles. The zero-order chi connectivity index (χ0) is 17.2. The molecule has 6 nitrogen and oxygen atoms in total. The monoisotopic (exact) mass is 393 g/mol. The third-order valence-electron chi connectivity index (χ3n) is 3.59. The van der Waals surface area contributed by atoms with E-state index in [2.05, 4.69) is 36.4 Å². The number of fused-ring (bicyclic) bond motifs is 1. The van der Waals surface area contributed by atoms with E-state index in [1.807, 2.05) is 36.4 Å². The molecule has 4 rings (SSSR count). The summed E-state index contributed by atoms with van der Waals surface area (Å²) in [4.78, 5) is 17.9. The van der Waals surface area contributed by atoms with Crippen molar-refractivity contribution in [3.8, 4) is 5.69 Å². The fourth-order valence-electron chi connectivity index (χ4n) is 2.41. The van der Waals surface area contributed by atoms with Crippen molar-refractivity contribution < 1.29 is 4.79 Å². The summed E-state index contributed by atoms with van der Waals surface area (Å²) in [6, 6.07) is 16.8. The average molecular weight is 394 g/mol. The topological polar surface area (TPSA) is 72.7 Å². The van der Waals surface area contributed by atoms with Gasteiger partial charge >= 0.3 is 0 Å². The lowest BCUT2D eigenvalue weighted by Gasteiger charge is -2.04. The van der Waals surface area contributed by atoms with Crippen LogP contribution < -0.4 is 5.32 Å². The number of nitrogens with one attached hydrogen (secondary N) is 1. The maximum atomic E-state index is 12.3. The van der Waals surface area contributed by atoms with E-state index in [0.29, 0.717) is 16.8 Å². The molecule has 0 fully saturated rings. The first-order valence-corrected chi connectivity index (χ1v) is 8.33. The van der Waals surface area contributed by atoms with Crippen molar-refractivity contribution in [2.24, 2.45) is 0 Å². The number of nitrogens with zero attached hydrogens (tertiary/aromatic N) is 4. The Hall–Kier alpha value is -3.06. The number of amides is 1. The molecule has 2 aromatic carbocycles. The molecule has 0 saturated carbocycles. The first-order valence-electron chi connectivity index (χ1n) is 7.53. The average Bonchev–Trinajstić information content (AvgIpc) is 3.06. The number of anilines is 1. The van der Waals surface area contributed by atoms with E-state index in [-0.39, 0.29) is 5.91 Å². The molecule has 0 atom stereocenters. The largest absolute Gasteiger partial charge is 0.322 e. The summed E-state index contributed by atoms with van der Waals surface area (Å²) in [6.45, 7) is 0. The molecule has 0 bridgehead atoms. The van der Waals surface area contributed by atoms with Gasteiger partial charge in [-0.15, -0.1) is 10.2 Å². The number of carbonyl (C=O) groups is 1. The third kappa shape index (κ3) is 3.27. The molecule has 0 unspecified atom stereocenters. The minimum absolute atomic E-state index is 0.233. The number of aromatic nitrogens is 4. The maximum absolute atomic E-state index is 12.3. The lowest BCUT2D eigenvalue weighted by molar-refractivity contribution is 0.102. The standard InChI is InChI=1S/C18H12BrN5O/c19-13-8-12(10-20-11-13)18(25)21-14-6-7-16-17(9-14)23-24(22-16)15-4-2-1-3-5-15/h1-11H,(H,21,25). The van der Waals surface area contributed by atoms with Gasteiger partial charge in [-0.25, -0.2) is 0 Å². The molecular formula is C18H12BrN5O. The Morgan fingerprint density at radius 1 is 0.960 bits per heavy atom. The van der Waals surface area contributed by atoms with Crippen LogP contribution in [0.15, 0.2) is 71.5 Å². The number of rotatable bonds is 3. The molecule has 1 N–H and O–H groups in total. The van der Waals surface area contributed by atoms with E-state index in [1.54, 1.807) is 29.2 Å². The predicted octanol–water partition coefficient (Wildman–Crippen LogP) is 3.83. The quantitative estimate of drug-likeness (QED) is 0.573. The van der Waals surface area contributed by atoms with Crippen molar-refractivity contribution >= 4 is 38.6 Å². The van der Waals surface area contributed by atoms with Crippen molar-refractivity contribution in [3.05, 3.63) is 77.0 Å². The number of benzene rings is 2. The number of para-hydroxylation sites is 1. The van der Waals surface area contributed by atoms with E-state index in [4.69, 9.17) is 0 Å². The second-order valence-corrected chi connectivity index (χ2v) is 6.29. The molecule has 0 aliphatic carbocycles. The number of hydrogen-bond acceptors (Lipinski definition) is 4. The van der Waals surface area contributed by atoms with Crippen molar-refractivity contribution in [2.45, 2.75) is 0 Å². The summed E-state index contributed by atoms with van der Waals surface area (Å²) in [6.07, 6.45) is 3.15. The van der Waals surface area contributed by atoms with Crippen molar-refractivity contribution in [3.63, 3.8) is 0 Å². The van der Waals surface area contributed by atoms with Gasteiger partial charge in [0.05, 0.1) is 11.3 Å². The van der Waals surface area contributed by atoms with Gasteiger partial charge in [0.25, 0.3) is 5.91 Å². The Kier molecular flexibility index (Phi) is 3.99. The second kappa shape index (κ2) is 6.45. The summed E-state index contributed by atoms with van der Waals surface area (Å²) in [5, 5.41) is 11.8. The minimum Gasteiger partial charge on any atom is -0.322 e. The Morgan fingerprint density at radius 2 is 1.76 bits per heavy atom. The highest BCUT2D eigenvalue weighted by Crippen LogP contribution is 2.18. The van der Waals surface area contributed by atoms with Gasteiger partial charge < -0.3 is 5.32 Å². The Morgan fingerprint density at radius 3 is 2.56 bits per heavy atom. The normalized spacial score (nSPS) is 10.8. The first kappa shape index (κ1) is 15.5. The van der Waals surface area contributed by atoms with Crippen LogP contribution in [0.5, 0.6) is 0 Å². The lowest BCUT2D eigenvalue weighted by Crippen LogP contribution is -2.12. The van der Waals surface area contributed by atoms with Crippen LogP contribution in [0.2, 0.25) is 0 Å². The number of carbonyl (C=O) groups excluding carboxylic acids is 1. The highest BCUT2D eigenvalue weighted by atomic mass is 79.9. The molecule has 1 amide bonds. The molecule has 122 valence electrons. The Labute approximate surface area is 151 Å². The number of halogens is 1. The smallest absolute Gasteiger partial charge is 0.257 e. The van der Waals surface area contributed by atoms with Crippen LogP contribution in [0.25, 0.3) is 16.7 Å². The van der Waals surface area contributed by atoms with Gasteiger partial charge in [0, 0.05) is 22.6 Å². The van der Waals surface area contributed by atoms with Crippen LogP contribution in [-0.4, -0.2) is 25.9 Å². The second-order valence-electron chi connectivity index (χ2n) is 5.37. The third-order valence-corrected chi connectivity index (χ3v) is 4.03. The summed E-state index contributed by atoms with van der Waals surface area (Å²) in [5.41, 5.74) is 3.46. The van der Waals surface area contributed by atoms with Crippen LogP contribution in [0.4, 0.5) is 5.69 Å². The molecule has 4 aromatic rings. The van der Waals surface area contributed by atoms with Gasteiger partial charge in [0.1, 0.15) is 11.0 Å². The van der Waals surface area contributed by atoms with Crippen molar-refractivity contribution in [1.82, 2.24) is 20.0 Å². The molecule has 7 heteroatoms. The van der Waals surface area contributed by atoms with Gasteiger partial charge in [-0.3, -0.25) is 9.78 Å². The minimum atomic E-state index is -0.233. The van der Waals surface area contributed by atoms with Gasteiger partial charge in [0.15, 0.2) is 0 Å². The van der Waals surface area contributed by atoms with Gasteiger partial charge in [-0.1, -0.05) is 18.2 Å². The fraction of sp³-hybridized carbons (Fsp3) is 0.